The Kier molecular flexibility index (Phi) is 7.23. The van der Waals surface area contributed by atoms with E-state index < -0.39 is 10.9 Å². The number of rotatable bonds is 7. The average molecular weight is 352 g/mol. The maximum absolute atomic E-state index is 12.0. The van der Waals surface area contributed by atoms with Crippen LogP contribution in [-0.4, -0.2) is 34.0 Å². The molecule has 0 saturated carbocycles. The molecule has 11 heteroatoms. The largest absolute Gasteiger partial charge is 0.461 e. The van der Waals surface area contributed by atoms with Crippen molar-refractivity contribution in [1.82, 2.24) is 5.43 Å². The van der Waals surface area contributed by atoms with Crippen LogP contribution in [0.3, 0.4) is 0 Å². The van der Waals surface area contributed by atoms with Gasteiger partial charge in [-0.05, 0) is 32.1 Å². The van der Waals surface area contributed by atoms with Gasteiger partial charge in [0, 0.05) is 6.07 Å². The van der Waals surface area contributed by atoms with Crippen LogP contribution in [0.2, 0.25) is 0 Å². The first kappa shape index (κ1) is 19.0. The van der Waals surface area contributed by atoms with Gasteiger partial charge >= 0.3 is 5.97 Å². The lowest BCUT2D eigenvalue weighted by Gasteiger charge is -2.07. The molecule has 0 aliphatic heterocycles. The third-order valence-corrected chi connectivity index (χ3v) is 2.63. The minimum atomic E-state index is -0.755. The van der Waals surface area contributed by atoms with E-state index in [4.69, 9.17) is 10.5 Å². The molecule has 0 saturated heterocycles. The van der Waals surface area contributed by atoms with Crippen molar-refractivity contribution in [2.45, 2.75) is 13.8 Å². The van der Waals surface area contributed by atoms with Gasteiger partial charge in [0.25, 0.3) is 5.69 Å². The highest BCUT2D eigenvalue weighted by atomic mass is 32.1. The van der Waals surface area contributed by atoms with Gasteiger partial charge < -0.3 is 10.5 Å². The molecule has 0 fully saturated rings. The molecule has 0 spiro atoms. The molecule has 1 rings (SSSR count). The molecule has 0 bridgehead atoms. The number of ether oxygens (including phenoxy) is 1. The summed E-state index contributed by atoms with van der Waals surface area (Å²) in [6.07, 6.45) is 0. The van der Waals surface area contributed by atoms with Crippen molar-refractivity contribution in [1.29, 1.82) is 0 Å². The summed E-state index contributed by atoms with van der Waals surface area (Å²) in [6.45, 7) is 3.23. The number of nitro groups is 1. The standard InChI is InChI=1S/C13H16N6O4S/c1-3-23-12(20)11(8(2)15-18-13(14)24)17-16-9-6-4-5-7-10(9)19(21)22/h4-7,16H,3H2,1-2H3,(H3,14,18,24). The number of nitrogens with one attached hydrogen (secondary N) is 2. The van der Waals surface area contributed by atoms with Crippen LogP contribution in [0.1, 0.15) is 13.8 Å². The minimum Gasteiger partial charge on any atom is -0.461 e. The summed E-state index contributed by atoms with van der Waals surface area (Å²) in [5.41, 5.74) is 9.93. The highest BCUT2D eigenvalue weighted by Crippen LogP contribution is 2.23. The Hall–Kier alpha value is -3.08. The zero-order valence-corrected chi connectivity index (χ0v) is 13.8. The molecule has 0 aromatic heterocycles. The predicted octanol–water partition coefficient (Wildman–Crippen LogP) is 1.13. The Bertz CT molecular complexity index is 703. The molecule has 0 atom stereocenters. The van der Waals surface area contributed by atoms with Crippen LogP contribution in [0.15, 0.2) is 34.5 Å². The van der Waals surface area contributed by atoms with Crippen molar-refractivity contribution in [3.8, 4) is 0 Å². The van der Waals surface area contributed by atoms with Gasteiger partial charge in [0.1, 0.15) is 5.69 Å². The van der Waals surface area contributed by atoms with E-state index in [0.717, 1.165) is 0 Å². The van der Waals surface area contributed by atoms with Crippen LogP contribution in [-0.2, 0) is 9.53 Å². The summed E-state index contributed by atoms with van der Waals surface area (Å²) >= 11 is 4.62. The van der Waals surface area contributed by atoms with E-state index in [-0.39, 0.29) is 34.5 Å². The average Bonchev–Trinajstić information content (AvgIpc) is 2.53. The Balaban J connectivity index is 3.13. The fraction of sp³-hybridized carbons (Fsp3) is 0.231. The van der Waals surface area contributed by atoms with Gasteiger partial charge in [0.05, 0.1) is 17.2 Å². The van der Waals surface area contributed by atoms with Crippen LogP contribution in [0.4, 0.5) is 11.4 Å². The minimum absolute atomic E-state index is 0.0933. The van der Waals surface area contributed by atoms with E-state index in [9.17, 15) is 14.9 Å². The topological polar surface area (TPSA) is 144 Å². The second-order valence-electron chi connectivity index (χ2n) is 4.24. The zero-order chi connectivity index (χ0) is 18.1. The van der Waals surface area contributed by atoms with Gasteiger partial charge in [-0.3, -0.25) is 21.0 Å². The van der Waals surface area contributed by atoms with Crippen molar-refractivity contribution >= 4 is 46.1 Å². The number of hydrogen-bond donors (Lipinski definition) is 3. The Labute approximate surface area is 142 Å². The number of anilines is 1. The quantitative estimate of drug-likeness (QED) is 0.218. The number of thiocarbonyl (C=S) groups is 1. The number of esters is 1. The first-order valence-corrected chi connectivity index (χ1v) is 7.12. The molecule has 10 nitrogen and oxygen atoms in total. The van der Waals surface area contributed by atoms with Crippen molar-refractivity contribution in [3.63, 3.8) is 0 Å². The Morgan fingerprint density at radius 3 is 2.67 bits per heavy atom. The van der Waals surface area contributed by atoms with E-state index in [2.05, 4.69) is 33.3 Å². The number of hydrazone groups is 2. The summed E-state index contributed by atoms with van der Waals surface area (Å²) in [5, 5.41) is 18.5. The van der Waals surface area contributed by atoms with Crippen molar-refractivity contribution in [2.75, 3.05) is 12.0 Å². The van der Waals surface area contributed by atoms with Crippen LogP contribution in [0.5, 0.6) is 0 Å². The molecule has 24 heavy (non-hydrogen) atoms. The van der Waals surface area contributed by atoms with E-state index >= 15 is 0 Å². The number of nitrogens with zero attached hydrogens (tertiary/aromatic N) is 3. The second kappa shape index (κ2) is 9.15. The number of carbonyl (C=O) groups excluding carboxylic acids is 1. The predicted molar refractivity (Wildman–Crippen MR) is 93.8 cm³/mol. The van der Waals surface area contributed by atoms with Crippen molar-refractivity contribution < 1.29 is 14.5 Å². The summed E-state index contributed by atoms with van der Waals surface area (Å²) in [5.74, 6) is -0.755. The normalized spacial score (nSPS) is 11.6. The molecule has 0 heterocycles. The zero-order valence-electron chi connectivity index (χ0n) is 13.0. The van der Waals surface area contributed by atoms with E-state index in [0.29, 0.717) is 0 Å². The van der Waals surface area contributed by atoms with Gasteiger partial charge in [-0.25, -0.2) is 4.79 Å². The highest BCUT2D eigenvalue weighted by Gasteiger charge is 2.18. The number of benzene rings is 1. The lowest BCUT2D eigenvalue weighted by molar-refractivity contribution is -0.384. The fourth-order valence-electron chi connectivity index (χ4n) is 1.51. The highest BCUT2D eigenvalue weighted by molar-refractivity contribution is 7.80. The third-order valence-electron chi connectivity index (χ3n) is 2.53. The molecule has 1 aromatic carbocycles. The summed E-state index contributed by atoms with van der Waals surface area (Å²) in [7, 11) is 0. The smallest absolute Gasteiger partial charge is 0.360 e. The molecule has 4 N–H and O–H groups in total. The molecular formula is C13H16N6O4S. The molecule has 1 aromatic rings. The van der Waals surface area contributed by atoms with E-state index in [1.807, 2.05) is 0 Å². The Morgan fingerprint density at radius 2 is 2.08 bits per heavy atom. The molecule has 0 aliphatic carbocycles. The van der Waals surface area contributed by atoms with Crippen molar-refractivity contribution in [2.24, 2.45) is 15.9 Å². The maximum Gasteiger partial charge on any atom is 0.360 e. The first-order valence-electron chi connectivity index (χ1n) is 6.71. The molecule has 0 aliphatic rings. The number of nitro benzene ring substituents is 1. The molecule has 0 radical (unpaired) electrons. The van der Waals surface area contributed by atoms with Gasteiger partial charge in [-0.1, -0.05) is 12.1 Å². The number of hydrogen-bond acceptors (Lipinski definition) is 8. The summed E-state index contributed by atoms with van der Waals surface area (Å²) in [6, 6.07) is 5.85. The van der Waals surface area contributed by atoms with E-state index in [1.54, 1.807) is 13.0 Å². The Morgan fingerprint density at radius 1 is 1.42 bits per heavy atom. The third kappa shape index (κ3) is 5.61. The van der Waals surface area contributed by atoms with Gasteiger partial charge in [-0.2, -0.15) is 10.2 Å². The lowest BCUT2D eigenvalue weighted by Crippen LogP contribution is -2.30. The van der Waals surface area contributed by atoms with Crippen LogP contribution >= 0.6 is 12.2 Å². The van der Waals surface area contributed by atoms with Crippen LogP contribution in [0.25, 0.3) is 0 Å². The van der Waals surface area contributed by atoms with E-state index in [1.165, 1.54) is 25.1 Å². The molecular weight excluding hydrogens is 336 g/mol. The summed E-state index contributed by atoms with van der Waals surface area (Å²) in [4.78, 5) is 22.4. The van der Waals surface area contributed by atoms with Gasteiger partial charge in [0.15, 0.2) is 10.8 Å². The van der Waals surface area contributed by atoms with Crippen LogP contribution < -0.4 is 16.6 Å². The lowest BCUT2D eigenvalue weighted by atomic mass is 10.2. The molecule has 0 unspecified atom stereocenters. The number of para-hydroxylation sites is 2. The molecule has 128 valence electrons. The first-order chi connectivity index (χ1) is 11.4. The van der Waals surface area contributed by atoms with Crippen molar-refractivity contribution in [3.05, 3.63) is 34.4 Å². The summed E-state index contributed by atoms with van der Waals surface area (Å²) < 4.78 is 4.88. The van der Waals surface area contributed by atoms with Gasteiger partial charge in [0.2, 0.25) is 0 Å². The van der Waals surface area contributed by atoms with Crippen LogP contribution in [0, 0.1) is 10.1 Å². The fourth-order valence-corrected chi connectivity index (χ4v) is 1.55. The maximum atomic E-state index is 12.0. The second-order valence-corrected chi connectivity index (χ2v) is 4.68. The monoisotopic (exact) mass is 352 g/mol. The SMILES string of the molecule is CCOC(=O)C(=NNc1ccccc1[N+](=O)[O-])C(C)=NNC(N)=S. The molecule has 0 amide bonds. The number of carbonyl (C=O) groups is 1. The number of nitrogens with two attached hydrogens (primary N) is 1. The van der Waals surface area contributed by atoms with Gasteiger partial charge in [-0.15, -0.1) is 0 Å².